The highest BCUT2D eigenvalue weighted by Crippen LogP contribution is 2.39. The molecule has 1 aromatic carbocycles. The van der Waals surface area contributed by atoms with Gasteiger partial charge in [0.2, 0.25) is 0 Å². The van der Waals surface area contributed by atoms with Crippen LogP contribution in [0.25, 0.3) is 0 Å². The van der Waals surface area contributed by atoms with Gasteiger partial charge in [-0.1, -0.05) is 40.5 Å². The van der Waals surface area contributed by atoms with Crippen LogP contribution in [0.3, 0.4) is 0 Å². The van der Waals surface area contributed by atoms with Crippen LogP contribution in [-0.2, 0) is 9.84 Å². The molecule has 1 saturated carbocycles. The summed E-state index contributed by atoms with van der Waals surface area (Å²) in [4.78, 5) is 0. The van der Waals surface area contributed by atoms with Crippen molar-refractivity contribution in [1.82, 2.24) is 5.43 Å². The van der Waals surface area contributed by atoms with Gasteiger partial charge in [-0.05, 0) is 43.2 Å². The number of rotatable bonds is 4. The van der Waals surface area contributed by atoms with Gasteiger partial charge >= 0.3 is 0 Å². The zero-order valence-corrected chi connectivity index (χ0v) is 14.9. The lowest BCUT2D eigenvalue weighted by molar-refractivity contribution is 0.274. The van der Waals surface area contributed by atoms with E-state index in [2.05, 4.69) is 21.4 Å². The Morgan fingerprint density at radius 2 is 2.10 bits per heavy atom. The molecule has 0 amide bonds. The second-order valence-corrected chi connectivity index (χ2v) is 9.12. The van der Waals surface area contributed by atoms with Gasteiger partial charge in [0.1, 0.15) is 9.84 Å². The molecule has 21 heavy (non-hydrogen) atoms. The van der Waals surface area contributed by atoms with E-state index in [9.17, 15) is 8.42 Å². The van der Waals surface area contributed by atoms with Crippen LogP contribution in [0.1, 0.15) is 42.9 Å². The molecule has 0 bridgehead atoms. The van der Waals surface area contributed by atoms with Gasteiger partial charge in [0.15, 0.2) is 0 Å². The molecule has 0 heterocycles. The van der Waals surface area contributed by atoms with Gasteiger partial charge in [-0.25, -0.2) is 8.42 Å². The SMILES string of the molecule is Cc1cccc(C(NN)C2CCCC(S(C)(=O)=O)C2)c1Br. The Morgan fingerprint density at radius 1 is 1.38 bits per heavy atom. The number of nitrogens with two attached hydrogens (primary N) is 1. The third-order valence-electron chi connectivity index (χ3n) is 4.48. The fraction of sp³-hybridized carbons (Fsp3) is 0.600. The third kappa shape index (κ3) is 3.86. The van der Waals surface area contributed by atoms with E-state index in [1.807, 2.05) is 25.1 Å². The van der Waals surface area contributed by atoms with Crippen LogP contribution in [-0.4, -0.2) is 19.9 Å². The summed E-state index contributed by atoms with van der Waals surface area (Å²) in [6.45, 7) is 2.04. The van der Waals surface area contributed by atoms with Crippen LogP contribution in [0.2, 0.25) is 0 Å². The molecule has 0 aromatic heterocycles. The van der Waals surface area contributed by atoms with E-state index in [0.29, 0.717) is 6.42 Å². The van der Waals surface area contributed by atoms with Crippen molar-refractivity contribution in [1.29, 1.82) is 0 Å². The van der Waals surface area contributed by atoms with Crippen LogP contribution >= 0.6 is 15.9 Å². The quantitative estimate of drug-likeness (QED) is 0.627. The first-order valence-corrected chi connectivity index (χ1v) is 9.99. The smallest absolute Gasteiger partial charge is 0.150 e. The predicted molar refractivity (Wildman–Crippen MR) is 89.5 cm³/mol. The van der Waals surface area contributed by atoms with E-state index in [-0.39, 0.29) is 17.2 Å². The van der Waals surface area contributed by atoms with Crippen molar-refractivity contribution in [2.24, 2.45) is 11.8 Å². The van der Waals surface area contributed by atoms with Crippen LogP contribution in [0.5, 0.6) is 0 Å². The summed E-state index contributed by atoms with van der Waals surface area (Å²) in [6.07, 6.45) is 4.72. The number of hydrazine groups is 1. The van der Waals surface area contributed by atoms with Gasteiger partial charge in [-0.2, -0.15) is 0 Å². The summed E-state index contributed by atoms with van der Waals surface area (Å²) in [5, 5.41) is -0.240. The third-order valence-corrected chi connectivity index (χ3v) is 7.20. The lowest BCUT2D eigenvalue weighted by Gasteiger charge is -2.34. The Hall–Kier alpha value is -0.430. The highest BCUT2D eigenvalue weighted by molar-refractivity contribution is 9.10. The fourth-order valence-electron chi connectivity index (χ4n) is 3.26. The molecule has 3 unspecified atom stereocenters. The molecule has 1 aromatic rings. The van der Waals surface area contributed by atoms with Crippen molar-refractivity contribution in [3.05, 3.63) is 33.8 Å². The lowest BCUT2D eigenvalue weighted by Crippen LogP contribution is -2.38. The van der Waals surface area contributed by atoms with E-state index in [1.54, 1.807) is 0 Å². The van der Waals surface area contributed by atoms with Crippen LogP contribution in [0, 0.1) is 12.8 Å². The Labute approximate surface area is 135 Å². The number of aryl methyl sites for hydroxylation is 1. The van der Waals surface area contributed by atoms with Gasteiger partial charge in [0, 0.05) is 16.8 Å². The molecule has 2 rings (SSSR count). The molecule has 0 radical (unpaired) electrons. The molecule has 4 nitrogen and oxygen atoms in total. The standard InChI is InChI=1S/C15H23BrN2O2S/c1-10-5-3-8-13(14(10)16)15(18-17)11-6-4-7-12(9-11)21(2,19)20/h3,5,8,11-12,15,18H,4,6-7,9,17H2,1-2H3. The van der Waals surface area contributed by atoms with Crippen LogP contribution in [0.4, 0.5) is 0 Å². The van der Waals surface area contributed by atoms with Gasteiger partial charge < -0.3 is 0 Å². The van der Waals surface area contributed by atoms with Gasteiger partial charge in [-0.3, -0.25) is 11.3 Å². The summed E-state index contributed by atoms with van der Waals surface area (Å²) in [7, 11) is -2.98. The van der Waals surface area contributed by atoms with Crippen molar-refractivity contribution in [2.75, 3.05) is 6.26 Å². The van der Waals surface area contributed by atoms with Gasteiger partial charge in [-0.15, -0.1) is 0 Å². The van der Waals surface area contributed by atoms with E-state index in [1.165, 1.54) is 6.26 Å². The maximum absolute atomic E-state index is 11.8. The fourth-order valence-corrected chi connectivity index (χ4v) is 4.97. The Morgan fingerprint density at radius 3 is 2.71 bits per heavy atom. The highest BCUT2D eigenvalue weighted by atomic mass is 79.9. The Kier molecular flexibility index (Phi) is 5.46. The molecule has 1 aliphatic carbocycles. The first kappa shape index (κ1) is 16.9. The molecule has 0 saturated heterocycles. The first-order valence-electron chi connectivity index (χ1n) is 7.24. The molecule has 118 valence electrons. The summed E-state index contributed by atoms with van der Waals surface area (Å²) in [5.74, 6) is 6.03. The number of benzene rings is 1. The molecule has 1 fully saturated rings. The normalized spacial score (nSPS) is 24.8. The largest absolute Gasteiger partial charge is 0.271 e. The Bertz CT molecular complexity index is 604. The summed E-state index contributed by atoms with van der Waals surface area (Å²) in [6, 6.07) is 6.08. The zero-order valence-electron chi connectivity index (χ0n) is 12.5. The molecular formula is C15H23BrN2O2S. The minimum atomic E-state index is -2.98. The van der Waals surface area contributed by atoms with Crippen LogP contribution < -0.4 is 11.3 Å². The summed E-state index contributed by atoms with van der Waals surface area (Å²) >= 11 is 3.63. The number of hydrogen-bond acceptors (Lipinski definition) is 4. The lowest BCUT2D eigenvalue weighted by atomic mass is 9.81. The average Bonchev–Trinajstić information content (AvgIpc) is 2.44. The number of sulfone groups is 1. The van der Waals surface area contributed by atoms with Crippen LogP contribution in [0.15, 0.2) is 22.7 Å². The topological polar surface area (TPSA) is 72.2 Å². The first-order chi connectivity index (χ1) is 9.84. The van der Waals surface area contributed by atoms with E-state index in [0.717, 1.165) is 34.9 Å². The van der Waals surface area contributed by atoms with Crippen molar-refractivity contribution >= 4 is 25.8 Å². The minimum absolute atomic E-state index is 0.0242. The molecule has 3 atom stereocenters. The van der Waals surface area contributed by atoms with Gasteiger partial charge in [0.05, 0.1) is 5.25 Å². The molecule has 3 N–H and O–H groups in total. The maximum Gasteiger partial charge on any atom is 0.150 e. The summed E-state index contributed by atoms with van der Waals surface area (Å²) in [5.41, 5.74) is 5.17. The monoisotopic (exact) mass is 374 g/mol. The minimum Gasteiger partial charge on any atom is -0.271 e. The predicted octanol–water partition coefficient (Wildman–Crippen LogP) is 2.87. The van der Waals surface area contributed by atoms with E-state index >= 15 is 0 Å². The van der Waals surface area contributed by atoms with E-state index in [4.69, 9.17) is 5.84 Å². The Balaban J connectivity index is 2.27. The second-order valence-electron chi connectivity index (χ2n) is 6.00. The highest BCUT2D eigenvalue weighted by Gasteiger charge is 2.34. The zero-order chi connectivity index (χ0) is 15.6. The number of halogens is 1. The van der Waals surface area contributed by atoms with Crippen molar-refractivity contribution in [3.63, 3.8) is 0 Å². The summed E-state index contributed by atoms with van der Waals surface area (Å²) < 4.78 is 24.7. The number of nitrogens with one attached hydrogen (secondary N) is 1. The molecular weight excluding hydrogens is 352 g/mol. The average molecular weight is 375 g/mol. The maximum atomic E-state index is 11.8. The number of hydrogen-bond donors (Lipinski definition) is 2. The molecule has 6 heteroatoms. The molecule has 1 aliphatic rings. The second kappa shape index (κ2) is 6.77. The molecule has 0 spiro atoms. The van der Waals surface area contributed by atoms with Gasteiger partial charge in [0.25, 0.3) is 0 Å². The van der Waals surface area contributed by atoms with Crippen molar-refractivity contribution < 1.29 is 8.42 Å². The van der Waals surface area contributed by atoms with E-state index < -0.39 is 9.84 Å². The molecule has 0 aliphatic heterocycles. The van der Waals surface area contributed by atoms with Crippen molar-refractivity contribution in [3.8, 4) is 0 Å². The van der Waals surface area contributed by atoms with Crippen molar-refractivity contribution in [2.45, 2.75) is 43.9 Å².